The number of nitrogens with two attached hydrogens (primary N) is 1. The van der Waals surface area contributed by atoms with Gasteiger partial charge in [-0.3, -0.25) is 9.80 Å². The summed E-state index contributed by atoms with van der Waals surface area (Å²) in [5.74, 6) is 0.386. The Morgan fingerprint density at radius 2 is 1.65 bits per heavy atom. The van der Waals surface area contributed by atoms with Crippen LogP contribution in [0, 0.1) is 5.92 Å². The molecule has 0 aromatic carbocycles. The molecule has 0 aliphatic carbocycles. The molecular formula is C16H33N3O. The van der Waals surface area contributed by atoms with E-state index in [9.17, 15) is 0 Å². The van der Waals surface area contributed by atoms with Crippen LogP contribution in [-0.2, 0) is 4.74 Å². The number of ether oxygens (including phenoxy) is 1. The number of hydrogen-bond donors (Lipinski definition) is 1. The van der Waals surface area contributed by atoms with E-state index in [4.69, 9.17) is 10.5 Å². The van der Waals surface area contributed by atoms with Crippen molar-refractivity contribution >= 4 is 0 Å². The quantitative estimate of drug-likeness (QED) is 0.835. The molecule has 2 saturated heterocycles. The largest absolute Gasteiger partial charge is 0.368 e. The van der Waals surface area contributed by atoms with Crippen LogP contribution in [0.25, 0.3) is 0 Å². The summed E-state index contributed by atoms with van der Waals surface area (Å²) in [6, 6.07) is 0.0975. The molecule has 0 bridgehead atoms. The van der Waals surface area contributed by atoms with Gasteiger partial charge in [0.2, 0.25) is 0 Å². The molecule has 2 fully saturated rings. The van der Waals surface area contributed by atoms with E-state index >= 15 is 0 Å². The second-order valence-electron chi connectivity index (χ2n) is 8.41. The molecule has 0 amide bonds. The second-order valence-corrected chi connectivity index (χ2v) is 8.41. The van der Waals surface area contributed by atoms with Crippen LogP contribution in [0.3, 0.4) is 0 Å². The van der Waals surface area contributed by atoms with Gasteiger partial charge in [-0.15, -0.1) is 0 Å². The van der Waals surface area contributed by atoms with E-state index in [1.54, 1.807) is 0 Å². The Bertz CT molecular complexity index is 365. The van der Waals surface area contributed by atoms with Crippen molar-refractivity contribution in [3.05, 3.63) is 0 Å². The molecule has 0 aromatic rings. The zero-order valence-corrected chi connectivity index (χ0v) is 14.4. The van der Waals surface area contributed by atoms with E-state index in [-0.39, 0.29) is 22.8 Å². The lowest BCUT2D eigenvalue weighted by Crippen LogP contribution is -2.59. The van der Waals surface area contributed by atoms with Gasteiger partial charge in [0.05, 0.1) is 11.2 Å². The van der Waals surface area contributed by atoms with Crippen molar-refractivity contribution in [2.24, 2.45) is 11.7 Å². The lowest BCUT2D eigenvalue weighted by Gasteiger charge is -2.47. The highest BCUT2D eigenvalue weighted by Crippen LogP contribution is 2.41. The Labute approximate surface area is 124 Å². The maximum absolute atomic E-state index is 6.48. The molecule has 0 saturated carbocycles. The SMILES string of the molecule is CN1CCN(CC2C(N)C(C)(C)OC2(C)C)CC1(C)C. The third kappa shape index (κ3) is 2.89. The molecule has 2 aliphatic heterocycles. The van der Waals surface area contributed by atoms with Crippen LogP contribution in [-0.4, -0.2) is 65.8 Å². The Balaban J connectivity index is 2.07. The molecule has 4 nitrogen and oxygen atoms in total. The summed E-state index contributed by atoms with van der Waals surface area (Å²) in [5, 5.41) is 0. The van der Waals surface area contributed by atoms with Gasteiger partial charge in [-0.25, -0.2) is 0 Å². The van der Waals surface area contributed by atoms with Crippen LogP contribution in [0.4, 0.5) is 0 Å². The Morgan fingerprint density at radius 1 is 1.05 bits per heavy atom. The predicted molar refractivity (Wildman–Crippen MR) is 83.9 cm³/mol. The summed E-state index contributed by atoms with van der Waals surface area (Å²) in [5.41, 5.74) is 6.35. The number of piperazine rings is 1. The Hall–Kier alpha value is -0.160. The van der Waals surface area contributed by atoms with Gasteiger partial charge in [-0.05, 0) is 48.6 Å². The lowest BCUT2D eigenvalue weighted by atomic mass is 9.82. The maximum atomic E-state index is 6.48. The van der Waals surface area contributed by atoms with E-state index < -0.39 is 0 Å². The molecule has 2 N–H and O–H groups in total. The van der Waals surface area contributed by atoms with Gasteiger partial charge in [0.1, 0.15) is 0 Å². The number of likely N-dealkylation sites (N-methyl/N-ethyl adjacent to an activating group) is 1. The minimum Gasteiger partial charge on any atom is -0.368 e. The number of nitrogens with zero attached hydrogens (tertiary/aromatic N) is 2. The molecule has 4 heteroatoms. The zero-order valence-electron chi connectivity index (χ0n) is 14.4. The van der Waals surface area contributed by atoms with Gasteiger partial charge in [0, 0.05) is 43.7 Å². The first kappa shape index (κ1) is 16.2. The third-order valence-electron chi connectivity index (χ3n) is 5.51. The monoisotopic (exact) mass is 283 g/mol. The van der Waals surface area contributed by atoms with E-state index in [0.717, 1.165) is 26.2 Å². The van der Waals surface area contributed by atoms with Gasteiger partial charge >= 0.3 is 0 Å². The van der Waals surface area contributed by atoms with Crippen LogP contribution in [0.15, 0.2) is 0 Å². The minimum absolute atomic E-state index is 0.0975. The van der Waals surface area contributed by atoms with Crippen molar-refractivity contribution in [3.8, 4) is 0 Å². The van der Waals surface area contributed by atoms with Crippen molar-refractivity contribution in [2.45, 2.75) is 64.3 Å². The normalized spacial score (nSPS) is 37.2. The van der Waals surface area contributed by atoms with Crippen LogP contribution in [0.2, 0.25) is 0 Å². The van der Waals surface area contributed by atoms with Crippen molar-refractivity contribution in [1.29, 1.82) is 0 Å². The molecule has 0 radical (unpaired) electrons. The first-order valence-corrected chi connectivity index (χ1v) is 7.85. The van der Waals surface area contributed by atoms with Gasteiger partial charge in [0.25, 0.3) is 0 Å². The molecule has 0 aromatic heterocycles. The fraction of sp³-hybridized carbons (Fsp3) is 1.00. The van der Waals surface area contributed by atoms with E-state index in [1.807, 2.05) is 0 Å². The van der Waals surface area contributed by atoms with Crippen LogP contribution in [0.5, 0.6) is 0 Å². The number of hydrogen-bond acceptors (Lipinski definition) is 4. The highest BCUT2D eigenvalue weighted by molar-refractivity contribution is 5.05. The summed E-state index contributed by atoms with van der Waals surface area (Å²) < 4.78 is 6.21. The lowest BCUT2D eigenvalue weighted by molar-refractivity contribution is -0.0805. The van der Waals surface area contributed by atoms with Gasteiger partial charge in [-0.2, -0.15) is 0 Å². The fourth-order valence-electron chi connectivity index (χ4n) is 3.85. The summed E-state index contributed by atoms with van der Waals surface area (Å²) >= 11 is 0. The van der Waals surface area contributed by atoms with E-state index in [0.29, 0.717) is 5.92 Å². The summed E-state index contributed by atoms with van der Waals surface area (Å²) in [6.07, 6.45) is 0. The molecule has 20 heavy (non-hydrogen) atoms. The smallest absolute Gasteiger partial charge is 0.0788 e. The first-order valence-electron chi connectivity index (χ1n) is 7.85. The van der Waals surface area contributed by atoms with E-state index in [1.165, 1.54) is 0 Å². The molecule has 118 valence electrons. The van der Waals surface area contributed by atoms with Crippen molar-refractivity contribution < 1.29 is 4.74 Å². The topological polar surface area (TPSA) is 41.7 Å². The fourth-order valence-corrected chi connectivity index (χ4v) is 3.85. The molecule has 2 heterocycles. The van der Waals surface area contributed by atoms with Crippen molar-refractivity contribution in [1.82, 2.24) is 9.80 Å². The Kier molecular flexibility index (Phi) is 4.00. The first-order chi connectivity index (χ1) is 8.96. The molecule has 2 unspecified atom stereocenters. The molecule has 2 atom stereocenters. The summed E-state index contributed by atoms with van der Waals surface area (Å²) in [4.78, 5) is 5.01. The predicted octanol–water partition coefficient (Wildman–Crippen LogP) is 1.54. The average molecular weight is 283 g/mol. The molecule has 0 spiro atoms. The highest BCUT2D eigenvalue weighted by atomic mass is 16.5. The molecule has 2 rings (SSSR count). The summed E-state index contributed by atoms with van der Waals surface area (Å²) in [7, 11) is 2.22. The van der Waals surface area contributed by atoms with Crippen molar-refractivity contribution in [3.63, 3.8) is 0 Å². The average Bonchev–Trinajstić information content (AvgIpc) is 2.41. The Morgan fingerprint density at radius 3 is 2.10 bits per heavy atom. The van der Waals surface area contributed by atoms with Crippen LogP contribution >= 0.6 is 0 Å². The molecule has 2 aliphatic rings. The van der Waals surface area contributed by atoms with Gasteiger partial charge in [0.15, 0.2) is 0 Å². The highest BCUT2D eigenvalue weighted by Gasteiger charge is 2.52. The second kappa shape index (κ2) is 4.94. The maximum Gasteiger partial charge on any atom is 0.0788 e. The minimum atomic E-state index is -0.226. The molecular weight excluding hydrogens is 250 g/mol. The van der Waals surface area contributed by atoms with Gasteiger partial charge in [-0.1, -0.05) is 0 Å². The summed E-state index contributed by atoms with van der Waals surface area (Å²) in [6.45, 7) is 17.6. The number of rotatable bonds is 2. The zero-order chi connectivity index (χ0) is 15.3. The van der Waals surface area contributed by atoms with Crippen LogP contribution in [0.1, 0.15) is 41.5 Å². The van der Waals surface area contributed by atoms with Crippen LogP contribution < -0.4 is 5.73 Å². The standard InChI is InChI=1S/C16H33N3O/c1-14(2)11-19(9-8-18(14)7)10-12-13(17)16(5,6)20-15(12,3)4/h12-13H,8-11,17H2,1-7H3. The third-order valence-corrected chi connectivity index (χ3v) is 5.51. The van der Waals surface area contributed by atoms with E-state index in [2.05, 4.69) is 58.4 Å². The van der Waals surface area contributed by atoms with Crippen molar-refractivity contribution in [2.75, 3.05) is 33.2 Å². The van der Waals surface area contributed by atoms with Gasteiger partial charge < -0.3 is 10.5 Å².